The molecule has 1 unspecified atom stereocenters. The molecule has 7 nitrogen and oxygen atoms in total. The van der Waals surface area contributed by atoms with Crippen molar-refractivity contribution in [2.24, 2.45) is 4.99 Å². The van der Waals surface area contributed by atoms with E-state index < -0.39 is 0 Å². The lowest BCUT2D eigenvalue weighted by molar-refractivity contribution is -0.129. The van der Waals surface area contributed by atoms with Crippen LogP contribution >= 0.6 is 0 Å². The van der Waals surface area contributed by atoms with E-state index in [-0.39, 0.29) is 11.9 Å². The van der Waals surface area contributed by atoms with Crippen molar-refractivity contribution in [2.45, 2.75) is 39.3 Å². The molecule has 0 bridgehead atoms. The second-order valence-corrected chi connectivity index (χ2v) is 6.64. The maximum Gasteiger partial charge on any atom is 0.222 e. The van der Waals surface area contributed by atoms with Crippen LogP contribution in [0.4, 0.5) is 0 Å². The Hall–Kier alpha value is -2.83. The highest BCUT2D eigenvalue weighted by atomic mass is 16.2. The molecule has 0 saturated carbocycles. The molecule has 0 radical (unpaired) electrons. The van der Waals surface area contributed by atoms with Crippen LogP contribution in [0.15, 0.2) is 47.7 Å². The molecule has 1 amide bonds. The number of nitrogens with zero attached hydrogens (tertiary/aromatic N) is 4. The van der Waals surface area contributed by atoms with Crippen LogP contribution in [0.1, 0.15) is 32.3 Å². The Morgan fingerprint density at radius 1 is 1.30 bits per heavy atom. The van der Waals surface area contributed by atoms with E-state index in [2.05, 4.69) is 34.8 Å². The minimum Gasteiger partial charge on any atom is -0.357 e. The molecule has 0 spiro atoms. The second kappa shape index (κ2) is 9.21. The summed E-state index contributed by atoms with van der Waals surface area (Å²) < 4.78 is 1.84. The molecule has 144 valence electrons. The average Bonchev–Trinajstić information content (AvgIpc) is 3.38. The Kier molecular flexibility index (Phi) is 6.46. The average molecular weight is 368 g/mol. The van der Waals surface area contributed by atoms with Gasteiger partial charge in [-0.1, -0.05) is 19.1 Å². The van der Waals surface area contributed by atoms with Crippen molar-refractivity contribution in [3.63, 3.8) is 0 Å². The Morgan fingerprint density at radius 2 is 2.11 bits per heavy atom. The largest absolute Gasteiger partial charge is 0.357 e. The maximum atomic E-state index is 11.8. The minimum atomic E-state index is 0.221. The predicted octanol–water partition coefficient (Wildman–Crippen LogP) is 1.94. The molecular weight excluding hydrogens is 340 g/mol. The van der Waals surface area contributed by atoms with Crippen LogP contribution in [-0.4, -0.2) is 52.2 Å². The van der Waals surface area contributed by atoms with Gasteiger partial charge in [0.25, 0.3) is 0 Å². The highest BCUT2D eigenvalue weighted by molar-refractivity contribution is 5.80. The maximum absolute atomic E-state index is 11.8. The van der Waals surface area contributed by atoms with Crippen LogP contribution in [-0.2, 0) is 11.3 Å². The van der Waals surface area contributed by atoms with Gasteiger partial charge in [0.05, 0.1) is 12.2 Å². The molecule has 27 heavy (non-hydrogen) atoms. The summed E-state index contributed by atoms with van der Waals surface area (Å²) in [6.07, 6.45) is 5.21. The number of carbonyl (C=O) groups is 1. The highest BCUT2D eigenvalue weighted by Gasteiger charge is 2.25. The smallest absolute Gasteiger partial charge is 0.222 e. The first-order valence-electron chi connectivity index (χ1n) is 9.61. The van der Waals surface area contributed by atoms with Gasteiger partial charge in [0.15, 0.2) is 5.96 Å². The van der Waals surface area contributed by atoms with Crippen LogP contribution in [0.25, 0.3) is 5.69 Å². The van der Waals surface area contributed by atoms with Crippen molar-refractivity contribution in [2.75, 3.05) is 19.6 Å². The molecule has 2 aromatic rings. The summed E-state index contributed by atoms with van der Waals surface area (Å²) in [7, 11) is 0. The fraction of sp³-hybridized carbons (Fsp3) is 0.450. The van der Waals surface area contributed by atoms with Gasteiger partial charge in [-0.15, -0.1) is 0 Å². The van der Waals surface area contributed by atoms with E-state index in [0.717, 1.165) is 43.3 Å². The molecule has 1 aromatic heterocycles. The number of amides is 1. The summed E-state index contributed by atoms with van der Waals surface area (Å²) in [5.74, 6) is 1.02. The van der Waals surface area contributed by atoms with Gasteiger partial charge in [0.1, 0.15) is 0 Å². The highest BCUT2D eigenvalue weighted by Crippen LogP contribution is 2.11. The summed E-state index contributed by atoms with van der Waals surface area (Å²) in [4.78, 5) is 18.5. The van der Waals surface area contributed by atoms with Gasteiger partial charge in [0.2, 0.25) is 5.91 Å². The van der Waals surface area contributed by atoms with Crippen molar-refractivity contribution >= 4 is 11.9 Å². The van der Waals surface area contributed by atoms with Crippen LogP contribution < -0.4 is 10.6 Å². The minimum absolute atomic E-state index is 0.221. The zero-order valence-electron chi connectivity index (χ0n) is 16.1. The van der Waals surface area contributed by atoms with Gasteiger partial charge in [-0.3, -0.25) is 4.79 Å². The first-order chi connectivity index (χ1) is 13.2. The van der Waals surface area contributed by atoms with Crippen LogP contribution in [0, 0.1) is 0 Å². The van der Waals surface area contributed by atoms with Crippen molar-refractivity contribution in [3.8, 4) is 5.69 Å². The number of rotatable bonds is 6. The SMILES string of the molecule is CCNC(=NCc1ccc(-n2cccn2)cc1)NC1CCN(C(=O)CC)C1. The van der Waals surface area contributed by atoms with Gasteiger partial charge in [0, 0.05) is 44.5 Å². The number of hydrogen-bond donors (Lipinski definition) is 2. The summed E-state index contributed by atoms with van der Waals surface area (Å²) in [6, 6.07) is 10.4. The normalized spacial score (nSPS) is 17.2. The molecule has 7 heteroatoms. The Bertz CT molecular complexity index is 753. The van der Waals surface area contributed by atoms with Gasteiger partial charge in [-0.25, -0.2) is 9.67 Å². The van der Waals surface area contributed by atoms with E-state index in [4.69, 9.17) is 4.99 Å². The van der Waals surface area contributed by atoms with Crippen molar-refractivity contribution in [3.05, 3.63) is 48.3 Å². The van der Waals surface area contributed by atoms with Crippen molar-refractivity contribution in [1.82, 2.24) is 25.3 Å². The van der Waals surface area contributed by atoms with E-state index >= 15 is 0 Å². The lowest BCUT2D eigenvalue weighted by Gasteiger charge is -2.18. The number of benzene rings is 1. The molecule has 1 atom stereocenters. The van der Waals surface area contributed by atoms with Gasteiger partial charge in [-0.05, 0) is 37.1 Å². The molecule has 1 aromatic carbocycles. The zero-order chi connectivity index (χ0) is 19.1. The van der Waals surface area contributed by atoms with E-state index in [1.807, 2.05) is 40.9 Å². The lowest BCUT2D eigenvalue weighted by atomic mass is 10.2. The standard InChI is InChI=1S/C20H28N6O/c1-3-19(27)25-13-10-17(15-25)24-20(21-4-2)22-14-16-6-8-18(9-7-16)26-12-5-11-23-26/h5-9,11-12,17H,3-4,10,13-15H2,1-2H3,(H2,21,22,24). The molecule has 2 heterocycles. The number of likely N-dealkylation sites (tertiary alicyclic amines) is 1. The summed E-state index contributed by atoms with van der Waals surface area (Å²) in [5, 5.41) is 11.0. The van der Waals surface area contributed by atoms with Gasteiger partial charge in [-0.2, -0.15) is 5.10 Å². The number of guanidine groups is 1. The molecule has 1 aliphatic heterocycles. The topological polar surface area (TPSA) is 74.6 Å². The van der Waals surface area contributed by atoms with E-state index in [1.54, 1.807) is 6.20 Å². The van der Waals surface area contributed by atoms with Gasteiger partial charge >= 0.3 is 0 Å². The Labute approximate surface area is 160 Å². The predicted molar refractivity (Wildman–Crippen MR) is 107 cm³/mol. The first kappa shape index (κ1) is 18.9. The van der Waals surface area contributed by atoms with E-state index in [0.29, 0.717) is 13.0 Å². The van der Waals surface area contributed by atoms with Crippen molar-refractivity contribution < 1.29 is 4.79 Å². The molecule has 0 aliphatic carbocycles. The molecule has 1 fully saturated rings. The molecule has 1 aliphatic rings. The monoisotopic (exact) mass is 368 g/mol. The number of aromatic nitrogens is 2. The Morgan fingerprint density at radius 3 is 2.78 bits per heavy atom. The number of aliphatic imine (C=N–C) groups is 1. The zero-order valence-corrected chi connectivity index (χ0v) is 16.1. The lowest BCUT2D eigenvalue weighted by Crippen LogP contribution is -2.45. The molecular formula is C20H28N6O. The van der Waals surface area contributed by atoms with Crippen LogP contribution in [0.3, 0.4) is 0 Å². The second-order valence-electron chi connectivity index (χ2n) is 6.64. The van der Waals surface area contributed by atoms with Crippen LogP contribution in [0.5, 0.6) is 0 Å². The van der Waals surface area contributed by atoms with E-state index in [9.17, 15) is 4.79 Å². The third-order valence-electron chi connectivity index (χ3n) is 4.65. The Balaban J connectivity index is 1.58. The number of nitrogens with one attached hydrogen (secondary N) is 2. The van der Waals surface area contributed by atoms with Crippen molar-refractivity contribution in [1.29, 1.82) is 0 Å². The first-order valence-corrected chi connectivity index (χ1v) is 9.61. The van der Waals surface area contributed by atoms with Gasteiger partial charge < -0.3 is 15.5 Å². The third-order valence-corrected chi connectivity index (χ3v) is 4.65. The fourth-order valence-corrected chi connectivity index (χ4v) is 3.19. The van der Waals surface area contributed by atoms with E-state index in [1.165, 1.54) is 0 Å². The summed E-state index contributed by atoms with van der Waals surface area (Å²) in [5.41, 5.74) is 2.17. The quantitative estimate of drug-likeness (QED) is 0.604. The third kappa shape index (κ3) is 5.09. The summed E-state index contributed by atoms with van der Waals surface area (Å²) in [6.45, 7) is 6.92. The fourth-order valence-electron chi connectivity index (χ4n) is 3.19. The van der Waals surface area contributed by atoms with Crippen LogP contribution in [0.2, 0.25) is 0 Å². The number of hydrogen-bond acceptors (Lipinski definition) is 3. The molecule has 3 rings (SSSR count). The number of carbonyl (C=O) groups excluding carboxylic acids is 1. The summed E-state index contributed by atoms with van der Waals surface area (Å²) >= 11 is 0. The molecule has 1 saturated heterocycles. The molecule has 2 N–H and O–H groups in total.